The molecular weight excluding hydrogens is 398 g/mol. The van der Waals surface area contributed by atoms with E-state index in [1.807, 2.05) is 16.8 Å². The SMILES string of the molecule is CN1CC[C@@H]2CN(C(=O)c3cc4c(s3)C3(CCNCC3)OCC4)C[C@@H]2C1=O.Cl. The standard InChI is InChI=1S/C20H27N3O3S.ClH/c1-22-8-2-14-11-23(12-15(14)18(22)24)19(25)16-10-13-3-9-26-20(17(13)27-16)4-6-21-7-5-20;/h10,14-15,21H,2-9,11-12H2,1H3;1H/t14-,15+;/m1./s1. The highest BCUT2D eigenvalue weighted by Gasteiger charge is 2.45. The van der Waals surface area contributed by atoms with Crippen molar-refractivity contribution in [2.45, 2.75) is 31.3 Å². The Morgan fingerprint density at radius 2 is 2.11 bits per heavy atom. The highest BCUT2D eigenvalue weighted by molar-refractivity contribution is 7.14. The Morgan fingerprint density at radius 3 is 2.89 bits per heavy atom. The minimum Gasteiger partial charge on any atom is -0.369 e. The number of hydrogen-bond acceptors (Lipinski definition) is 5. The van der Waals surface area contributed by atoms with Gasteiger partial charge in [-0.25, -0.2) is 0 Å². The zero-order valence-electron chi connectivity index (χ0n) is 16.2. The maximum atomic E-state index is 13.2. The summed E-state index contributed by atoms with van der Waals surface area (Å²) < 4.78 is 6.25. The first-order chi connectivity index (χ1) is 13.1. The molecule has 1 N–H and O–H groups in total. The number of piperidine rings is 2. The Balaban J connectivity index is 0.00000192. The third kappa shape index (κ3) is 3.16. The molecule has 3 fully saturated rings. The number of amides is 2. The van der Waals surface area contributed by atoms with Crippen LogP contribution in [0.25, 0.3) is 0 Å². The normalized spacial score (nSPS) is 28.7. The summed E-state index contributed by atoms with van der Waals surface area (Å²) in [7, 11) is 1.87. The molecule has 0 bridgehead atoms. The fraction of sp³-hybridized carbons (Fsp3) is 0.700. The highest BCUT2D eigenvalue weighted by atomic mass is 35.5. The van der Waals surface area contributed by atoms with Gasteiger partial charge in [0.1, 0.15) is 5.60 Å². The molecule has 0 saturated carbocycles. The van der Waals surface area contributed by atoms with Crippen molar-refractivity contribution in [2.75, 3.05) is 46.4 Å². The molecule has 8 heteroatoms. The molecule has 28 heavy (non-hydrogen) atoms. The van der Waals surface area contributed by atoms with Gasteiger partial charge in [-0.3, -0.25) is 9.59 Å². The minimum absolute atomic E-state index is 0. The van der Waals surface area contributed by atoms with Crippen LogP contribution in [0.2, 0.25) is 0 Å². The highest BCUT2D eigenvalue weighted by Crippen LogP contribution is 2.45. The molecule has 0 radical (unpaired) electrons. The molecule has 154 valence electrons. The zero-order valence-corrected chi connectivity index (χ0v) is 17.9. The predicted molar refractivity (Wildman–Crippen MR) is 110 cm³/mol. The number of nitrogens with one attached hydrogen (secondary N) is 1. The van der Waals surface area contributed by atoms with Crippen molar-refractivity contribution in [1.82, 2.24) is 15.1 Å². The average Bonchev–Trinajstić information content (AvgIpc) is 3.31. The van der Waals surface area contributed by atoms with Crippen LogP contribution in [0.4, 0.5) is 0 Å². The lowest BCUT2D eigenvalue weighted by molar-refractivity contribution is -0.137. The molecule has 1 aromatic heterocycles. The fourth-order valence-corrected chi connectivity index (χ4v) is 6.63. The van der Waals surface area contributed by atoms with Crippen molar-refractivity contribution in [2.24, 2.45) is 11.8 Å². The molecule has 0 aliphatic carbocycles. The van der Waals surface area contributed by atoms with Crippen LogP contribution in [0.1, 0.15) is 39.4 Å². The molecule has 0 aromatic carbocycles. The van der Waals surface area contributed by atoms with Gasteiger partial charge in [0.15, 0.2) is 0 Å². The molecule has 0 unspecified atom stereocenters. The van der Waals surface area contributed by atoms with Crippen LogP contribution in [0, 0.1) is 11.8 Å². The summed E-state index contributed by atoms with van der Waals surface area (Å²) in [5, 5.41) is 3.41. The molecule has 6 nitrogen and oxygen atoms in total. The summed E-state index contributed by atoms with van der Waals surface area (Å²) in [4.78, 5) is 31.5. The monoisotopic (exact) mass is 425 g/mol. The number of thiophene rings is 1. The van der Waals surface area contributed by atoms with Gasteiger partial charge in [-0.1, -0.05) is 0 Å². The second-order valence-corrected chi connectivity index (χ2v) is 9.49. The van der Waals surface area contributed by atoms with E-state index in [1.54, 1.807) is 11.3 Å². The molecule has 4 aliphatic rings. The summed E-state index contributed by atoms with van der Waals surface area (Å²) in [5.41, 5.74) is 1.10. The van der Waals surface area contributed by atoms with Gasteiger partial charge in [0.2, 0.25) is 5.91 Å². The molecular formula is C20H28ClN3O3S. The number of likely N-dealkylation sites (tertiary alicyclic amines) is 2. The molecule has 4 aliphatic heterocycles. The van der Waals surface area contributed by atoms with Crippen LogP contribution < -0.4 is 5.32 Å². The van der Waals surface area contributed by atoms with E-state index in [-0.39, 0.29) is 35.7 Å². The topological polar surface area (TPSA) is 61.9 Å². The smallest absolute Gasteiger partial charge is 0.263 e. The first kappa shape index (κ1) is 20.1. The van der Waals surface area contributed by atoms with Gasteiger partial charge in [0.25, 0.3) is 5.91 Å². The quantitative estimate of drug-likeness (QED) is 0.746. The Kier molecular flexibility index (Phi) is 5.46. The van der Waals surface area contributed by atoms with Crippen LogP contribution in [0.5, 0.6) is 0 Å². The number of rotatable bonds is 1. The van der Waals surface area contributed by atoms with Crippen molar-refractivity contribution < 1.29 is 14.3 Å². The van der Waals surface area contributed by atoms with E-state index in [1.165, 1.54) is 10.4 Å². The van der Waals surface area contributed by atoms with Gasteiger partial charge in [-0.15, -0.1) is 23.7 Å². The summed E-state index contributed by atoms with van der Waals surface area (Å²) >= 11 is 1.63. The maximum Gasteiger partial charge on any atom is 0.263 e. The number of fused-ring (bicyclic) bond motifs is 3. The van der Waals surface area contributed by atoms with Crippen LogP contribution in [-0.2, 0) is 21.6 Å². The average molecular weight is 426 g/mol. The van der Waals surface area contributed by atoms with E-state index in [9.17, 15) is 9.59 Å². The molecule has 5 rings (SSSR count). The summed E-state index contributed by atoms with van der Waals surface area (Å²) in [6.07, 6.45) is 3.84. The number of ether oxygens (including phenoxy) is 1. The summed E-state index contributed by atoms with van der Waals surface area (Å²) in [5.74, 6) is 0.616. The zero-order chi connectivity index (χ0) is 18.6. The predicted octanol–water partition coefficient (Wildman–Crippen LogP) is 1.87. The summed E-state index contributed by atoms with van der Waals surface area (Å²) in [6, 6.07) is 2.10. The van der Waals surface area contributed by atoms with Crippen molar-refractivity contribution in [3.05, 3.63) is 21.4 Å². The van der Waals surface area contributed by atoms with Gasteiger partial charge >= 0.3 is 0 Å². The van der Waals surface area contributed by atoms with Gasteiger partial charge in [0, 0.05) is 31.6 Å². The Bertz CT molecular complexity index is 777. The largest absolute Gasteiger partial charge is 0.369 e. The lowest BCUT2D eigenvalue weighted by atomic mass is 9.86. The lowest BCUT2D eigenvalue weighted by Gasteiger charge is -2.40. The number of hydrogen-bond donors (Lipinski definition) is 1. The molecule has 2 amide bonds. The van der Waals surface area contributed by atoms with Gasteiger partial charge in [-0.05, 0) is 56.3 Å². The third-order valence-electron chi connectivity index (χ3n) is 6.85. The van der Waals surface area contributed by atoms with Crippen molar-refractivity contribution in [1.29, 1.82) is 0 Å². The Morgan fingerprint density at radius 1 is 1.32 bits per heavy atom. The molecule has 1 aromatic rings. The van der Waals surface area contributed by atoms with E-state index >= 15 is 0 Å². The van der Waals surface area contributed by atoms with Crippen LogP contribution in [0.15, 0.2) is 6.07 Å². The second-order valence-electron chi connectivity index (χ2n) is 8.43. The molecule has 5 heterocycles. The maximum absolute atomic E-state index is 13.2. The van der Waals surface area contributed by atoms with Gasteiger partial charge in [0.05, 0.1) is 17.4 Å². The number of nitrogens with zero attached hydrogens (tertiary/aromatic N) is 2. The van der Waals surface area contributed by atoms with Crippen LogP contribution in [0.3, 0.4) is 0 Å². The first-order valence-corrected chi connectivity index (χ1v) is 10.9. The second kappa shape index (κ2) is 7.59. The van der Waals surface area contributed by atoms with Crippen molar-refractivity contribution >= 4 is 35.6 Å². The Hall–Kier alpha value is -1.15. The number of carbonyl (C=O) groups excluding carboxylic acids is 2. The number of carbonyl (C=O) groups is 2. The van der Waals surface area contributed by atoms with Gasteiger partial charge < -0.3 is 19.9 Å². The third-order valence-corrected chi connectivity index (χ3v) is 8.20. The first-order valence-electron chi connectivity index (χ1n) is 10.1. The van der Waals surface area contributed by atoms with E-state index in [4.69, 9.17) is 4.74 Å². The number of halogens is 1. The minimum atomic E-state index is -0.195. The van der Waals surface area contributed by atoms with Crippen LogP contribution in [-0.4, -0.2) is 68.0 Å². The van der Waals surface area contributed by atoms with E-state index in [2.05, 4.69) is 11.4 Å². The van der Waals surface area contributed by atoms with E-state index in [0.29, 0.717) is 12.5 Å². The van der Waals surface area contributed by atoms with E-state index in [0.717, 1.165) is 63.3 Å². The van der Waals surface area contributed by atoms with E-state index < -0.39 is 0 Å². The lowest BCUT2D eigenvalue weighted by Crippen LogP contribution is -2.43. The summed E-state index contributed by atoms with van der Waals surface area (Å²) in [6.45, 7) is 4.77. The fourth-order valence-electron chi connectivity index (χ4n) is 5.25. The van der Waals surface area contributed by atoms with Crippen molar-refractivity contribution in [3.8, 4) is 0 Å². The van der Waals surface area contributed by atoms with Gasteiger partial charge in [-0.2, -0.15) is 0 Å². The van der Waals surface area contributed by atoms with Crippen LogP contribution >= 0.6 is 23.7 Å². The molecule has 1 spiro atoms. The van der Waals surface area contributed by atoms with Crippen molar-refractivity contribution in [3.63, 3.8) is 0 Å². The molecule has 3 saturated heterocycles. The Labute approximate surface area is 176 Å². The molecule has 2 atom stereocenters.